The highest BCUT2D eigenvalue weighted by atomic mass is 32.2. The SMILES string of the molecule is Cc1nn(C)c(C)c1S(=O)(=O)N1CCC2(CC1)CSC1=C(O2)c2ccccc2C(=O)C1=O. The average Bonchev–Trinajstić information content (AvgIpc) is 3.04. The van der Waals surface area contributed by atoms with Gasteiger partial charge in [-0.3, -0.25) is 14.3 Å². The van der Waals surface area contributed by atoms with Crippen molar-refractivity contribution in [1.29, 1.82) is 0 Å². The summed E-state index contributed by atoms with van der Waals surface area (Å²) in [6.45, 7) is 4.09. The first kappa shape index (κ1) is 21.4. The molecule has 32 heavy (non-hydrogen) atoms. The number of ether oxygens (including phenoxy) is 1. The lowest BCUT2D eigenvalue weighted by Crippen LogP contribution is -2.50. The number of sulfonamides is 1. The molecule has 1 aromatic heterocycles. The first-order chi connectivity index (χ1) is 15.1. The van der Waals surface area contributed by atoms with Crippen LogP contribution in [0.4, 0.5) is 0 Å². The van der Waals surface area contributed by atoms with Gasteiger partial charge in [-0.2, -0.15) is 9.40 Å². The summed E-state index contributed by atoms with van der Waals surface area (Å²) in [5.74, 6) is -0.0707. The predicted octanol–water partition coefficient (Wildman–Crippen LogP) is 2.46. The second-order valence-corrected chi connectivity index (χ2v) is 11.3. The molecule has 0 atom stereocenters. The van der Waals surface area contributed by atoms with E-state index in [1.807, 2.05) is 6.07 Å². The van der Waals surface area contributed by atoms with Crippen molar-refractivity contribution in [3.63, 3.8) is 0 Å². The van der Waals surface area contributed by atoms with Gasteiger partial charge in [-0.05, 0) is 13.8 Å². The van der Waals surface area contributed by atoms with Gasteiger partial charge < -0.3 is 4.74 Å². The molecule has 0 saturated carbocycles. The number of aryl methyl sites for hydroxylation is 2. The second kappa shape index (κ2) is 7.29. The summed E-state index contributed by atoms with van der Waals surface area (Å²) in [6, 6.07) is 6.98. The molecule has 0 radical (unpaired) electrons. The van der Waals surface area contributed by atoms with Crippen LogP contribution in [0.5, 0.6) is 0 Å². The maximum absolute atomic E-state index is 13.3. The largest absolute Gasteiger partial charge is 0.484 e. The van der Waals surface area contributed by atoms with E-state index in [1.165, 1.54) is 16.1 Å². The van der Waals surface area contributed by atoms with E-state index >= 15 is 0 Å². The quantitative estimate of drug-likeness (QED) is 0.618. The third-order valence-corrected chi connectivity index (χ3v) is 9.99. The highest BCUT2D eigenvalue weighted by molar-refractivity contribution is 8.04. The fraction of sp³-hybridized carbons (Fsp3) is 0.409. The van der Waals surface area contributed by atoms with Crippen molar-refractivity contribution < 1.29 is 22.7 Å². The number of hydrogen-bond acceptors (Lipinski definition) is 7. The molecule has 0 N–H and O–H groups in total. The molecule has 1 saturated heterocycles. The minimum Gasteiger partial charge on any atom is -0.484 e. The Labute approximate surface area is 190 Å². The number of thioether (sulfide) groups is 1. The van der Waals surface area contributed by atoms with E-state index in [0.717, 1.165) is 0 Å². The lowest BCUT2D eigenvalue weighted by molar-refractivity contribution is -0.111. The van der Waals surface area contributed by atoms with Gasteiger partial charge in [0.15, 0.2) is 0 Å². The molecule has 1 spiro atoms. The molecule has 8 nitrogen and oxygen atoms in total. The smallest absolute Gasteiger partial charge is 0.246 e. The first-order valence-corrected chi connectivity index (χ1v) is 12.8. The van der Waals surface area contributed by atoms with Crippen LogP contribution in [-0.2, 0) is 26.6 Å². The van der Waals surface area contributed by atoms with Crippen LogP contribution in [0.1, 0.15) is 40.2 Å². The van der Waals surface area contributed by atoms with Crippen LogP contribution in [0.15, 0.2) is 34.1 Å². The molecule has 5 rings (SSSR count). The normalized spacial score (nSPS) is 20.8. The van der Waals surface area contributed by atoms with Crippen LogP contribution < -0.4 is 0 Å². The van der Waals surface area contributed by atoms with E-state index < -0.39 is 27.2 Å². The minimum absolute atomic E-state index is 0.269. The van der Waals surface area contributed by atoms with E-state index in [1.54, 1.807) is 43.8 Å². The number of fused-ring (bicyclic) bond motifs is 2. The van der Waals surface area contributed by atoms with Crippen molar-refractivity contribution in [3.8, 4) is 0 Å². The number of Topliss-reactive ketones (excluding diaryl/α,β-unsaturated/α-hetero) is 2. The monoisotopic (exact) mass is 473 g/mol. The Kier molecular flexibility index (Phi) is 4.88. The molecule has 10 heteroatoms. The maximum atomic E-state index is 13.3. The van der Waals surface area contributed by atoms with Gasteiger partial charge in [0.2, 0.25) is 21.6 Å². The summed E-state index contributed by atoms with van der Waals surface area (Å²) < 4.78 is 36.2. The van der Waals surface area contributed by atoms with Gasteiger partial charge in [-0.25, -0.2) is 8.42 Å². The summed E-state index contributed by atoms with van der Waals surface area (Å²) in [6.07, 6.45) is 0.997. The van der Waals surface area contributed by atoms with Crippen molar-refractivity contribution in [1.82, 2.24) is 14.1 Å². The fourth-order valence-corrected chi connectivity index (χ4v) is 7.75. The second-order valence-electron chi connectivity index (χ2n) is 8.46. The van der Waals surface area contributed by atoms with Crippen molar-refractivity contribution in [2.45, 2.75) is 37.2 Å². The Hall–Kier alpha value is -2.43. The zero-order valence-corrected chi connectivity index (χ0v) is 19.7. The number of nitrogens with zero attached hydrogens (tertiary/aromatic N) is 3. The van der Waals surface area contributed by atoms with Gasteiger partial charge in [0.05, 0.1) is 11.4 Å². The van der Waals surface area contributed by atoms with Gasteiger partial charge in [0.25, 0.3) is 0 Å². The molecule has 2 aliphatic heterocycles. The molecule has 168 valence electrons. The highest BCUT2D eigenvalue weighted by Gasteiger charge is 2.47. The van der Waals surface area contributed by atoms with E-state index in [9.17, 15) is 18.0 Å². The molecule has 0 bridgehead atoms. The van der Waals surface area contributed by atoms with E-state index in [4.69, 9.17) is 4.74 Å². The summed E-state index contributed by atoms with van der Waals surface area (Å²) in [5.41, 5.74) is 1.52. The van der Waals surface area contributed by atoms with Crippen LogP contribution >= 0.6 is 11.8 Å². The molecule has 3 heterocycles. The Morgan fingerprint density at radius 3 is 2.34 bits per heavy atom. The lowest BCUT2D eigenvalue weighted by Gasteiger charge is -2.45. The number of allylic oxidation sites excluding steroid dienone is 1. The van der Waals surface area contributed by atoms with Crippen LogP contribution in [0.2, 0.25) is 0 Å². The predicted molar refractivity (Wildman–Crippen MR) is 120 cm³/mol. The van der Waals surface area contributed by atoms with E-state index in [-0.39, 0.29) is 4.90 Å². The molecule has 2 aromatic rings. The Bertz CT molecular complexity index is 1300. The molecule has 0 unspecified atom stereocenters. The number of benzene rings is 1. The van der Waals surface area contributed by atoms with Crippen LogP contribution in [0.3, 0.4) is 0 Å². The summed E-state index contributed by atoms with van der Waals surface area (Å²) in [4.78, 5) is 25.7. The third kappa shape index (κ3) is 3.07. The van der Waals surface area contributed by atoms with Gasteiger partial charge in [-0.1, -0.05) is 24.3 Å². The van der Waals surface area contributed by atoms with Crippen LogP contribution in [0, 0.1) is 13.8 Å². The third-order valence-electron chi connectivity index (χ3n) is 6.51. The van der Waals surface area contributed by atoms with Crippen molar-refractivity contribution in [3.05, 3.63) is 51.7 Å². The van der Waals surface area contributed by atoms with Crippen LogP contribution in [0.25, 0.3) is 5.76 Å². The van der Waals surface area contributed by atoms with Gasteiger partial charge in [0, 0.05) is 49.9 Å². The number of aromatic nitrogens is 2. The number of piperidine rings is 1. The number of ketones is 2. The number of carbonyl (C=O) groups excluding carboxylic acids is 2. The van der Waals surface area contributed by atoms with Crippen molar-refractivity contribution in [2.24, 2.45) is 7.05 Å². The maximum Gasteiger partial charge on any atom is 0.246 e. The van der Waals surface area contributed by atoms with Gasteiger partial charge >= 0.3 is 0 Å². The van der Waals surface area contributed by atoms with E-state index in [0.29, 0.717) is 64.9 Å². The first-order valence-electron chi connectivity index (χ1n) is 10.4. The zero-order chi connectivity index (χ0) is 22.8. The minimum atomic E-state index is -3.67. The van der Waals surface area contributed by atoms with Crippen LogP contribution in [-0.4, -0.2) is 58.5 Å². The van der Waals surface area contributed by atoms with E-state index in [2.05, 4.69) is 5.10 Å². The van der Waals surface area contributed by atoms with Crippen molar-refractivity contribution in [2.75, 3.05) is 18.8 Å². The highest BCUT2D eigenvalue weighted by Crippen LogP contribution is 2.47. The molecule has 3 aliphatic rings. The van der Waals surface area contributed by atoms with Gasteiger partial charge in [-0.15, -0.1) is 11.8 Å². The summed E-state index contributed by atoms with van der Waals surface area (Å²) in [7, 11) is -1.93. The standard InChI is InChI=1S/C22H23N3O5S2/c1-13-21(14(2)24(3)23-13)32(28,29)25-10-8-22(9-11-25)12-31-20-18(27)17(26)15-6-4-5-7-16(15)19(20)30-22/h4-7H,8-12H2,1-3H3. The molecule has 1 aliphatic carbocycles. The number of rotatable bonds is 2. The molecular weight excluding hydrogens is 450 g/mol. The van der Waals surface area contributed by atoms with Gasteiger partial charge in [0.1, 0.15) is 21.2 Å². The Balaban J connectivity index is 1.41. The molecule has 1 aromatic carbocycles. The zero-order valence-electron chi connectivity index (χ0n) is 18.0. The molecule has 0 amide bonds. The molecular formula is C22H23N3O5S2. The lowest BCUT2D eigenvalue weighted by atomic mass is 9.90. The summed E-state index contributed by atoms with van der Waals surface area (Å²) >= 11 is 1.34. The average molecular weight is 474 g/mol. The number of hydrogen-bond donors (Lipinski definition) is 0. The Morgan fingerprint density at radius 2 is 1.72 bits per heavy atom. The topological polar surface area (TPSA) is 98.6 Å². The fourth-order valence-electron chi connectivity index (χ4n) is 4.65. The summed E-state index contributed by atoms with van der Waals surface area (Å²) in [5, 5.41) is 4.25. The molecule has 1 fully saturated rings. The Morgan fingerprint density at radius 1 is 1.06 bits per heavy atom. The number of carbonyl (C=O) groups is 2. The van der Waals surface area contributed by atoms with Crippen molar-refractivity contribution >= 4 is 39.1 Å².